The molecule has 0 saturated carbocycles. The standard InChI is InChI=1S/C18H25N7O2/c1-3-27-18(26)13-5-4-6-14(11-13)22-16-15(19)17(21-12-20-16)23-25-9-7-24(2)8-10-25/h4-6,11-12H,3,7-10,19H2,1-2H3,(H2,20,21,22,23). The van der Waals surface area contributed by atoms with E-state index in [-0.39, 0.29) is 5.97 Å². The third-order valence-corrected chi connectivity index (χ3v) is 4.29. The van der Waals surface area contributed by atoms with Crippen molar-refractivity contribution in [3.05, 3.63) is 36.2 Å². The maximum Gasteiger partial charge on any atom is 0.338 e. The Morgan fingerprint density at radius 3 is 2.70 bits per heavy atom. The second kappa shape index (κ2) is 8.65. The van der Waals surface area contributed by atoms with Gasteiger partial charge in [-0.3, -0.25) is 0 Å². The molecule has 4 N–H and O–H groups in total. The van der Waals surface area contributed by atoms with Gasteiger partial charge in [0.1, 0.15) is 12.0 Å². The van der Waals surface area contributed by atoms with Gasteiger partial charge in [0.25, 0.3) is 0 Å². The zero-order valence-electron chi connectivity index (χ0n) is 15.6. The Morgan fingerprint density at radius 1 is 1.22 bits per heavy atom. The van der Waals surface area contributed by atoms with Gasteiger partial charge in [-0.25, -0.2) is 19.8 Å². The summed E-state index contributed by atoms with van der Waals surface area (Å²) in [6.45, 7) is 5.81. The Kier molecular flexibility index (Phi) is 6.05. The minimum Gasteiger partial charge on any atom is -0.462 e. The number of carbonyl (C=O) groups is 1. The van der Waals surface area contributed by atoms with Crippen molar-refractivity contribution in [1.29, 1.82) is 0 Å². The van der Waals surface area contributed by atoms with E-state index in [4.69, 9.17) is 10.5 Å². The molecule has 1 aromatic heterocycles. The Hall–Kier alpha value is -2.91. The van der Waals surface area contributed by atoms with Crippen molar-refractivity contribution in [3.63, 3.8) is 0 Å². The van der Waals surface area contributed by atoms with Crippen LogP contribution in [-0.2, 0) is 4.74 Å². The predicted octanol–water partition coefficient (Wildman–Crippen LogP) is 1.55. The molecule has 0 radical (unpaired) electrons. The Labute approximate surface area is 158 Å². The quantitative estimate of drug-likeness (QED) is 0.652. The topological polar surface area (TPSA) is 109 Å². The van der Waals surface area contributed by atoms with Crippen molar-refractivity contribution < 1.29 is 9.53 Å². The first-order chi connectivity index (χ1) is 13.1. The second-order valence-corrected chi connectivity index (χ2v) is 6.31. The molecule has 1 fully saturated rings. The van der Waals surface area contributed by atoms with Crippen molar-refractivity contribution in [2.75, 3.05) is 56.3 Å². The number of benzene rings is 1. The molecule has 27 heavy (non-hydrogen) atoms. The lowest BCUT2D eigenvalue weighted by Gasteiger charge is -2.32. The number of nitrogens with zero attached hydrogens (tertiary/aromatic N) is 4. The maximum atomic E-state index is 11.9. The van der Waals surface area contributed by atoms with Gasteiger partial charge in [0, 0.05) is 31.9 Å². The molecule has 0 aliphatic carbocycles. The summed E-state index contributed by atoms with van der Waals surface area (Å²) >= 11 is 0. The Balaban J connectivity index is 1.72. The molecule has 0 unspecified atom stereocenters. The molecule has 0 spiro atoms. The van der Waals surface area contributed by atoms with Gasteiger partial charge in [0.15, 0.2) is 11.6 Å². The van der Waals surface area contributed by atoms with E-state index < -0.39 is 0 Å². The minimum atomic E-state index is -0.366. The zero-order chi connectivity index (χ0) is 19.2. The van der Waals surface area contributed by atoms with Gasteiger partial charge in [-0.1, -0.05) is 6.07 Å². The lowest BCUT2D eigenvalue weighted by atomic mass is 10.2. The maximum absolute atomic E-state index is 11.9. The average Bonchev–Trinajstić information content (AvgIpc) is 2.67. The number of nitrogens with one attached hydrogen (secondary N) is 2. The highest BCUT2D eigenvalue weighted by atomic mass is 16.5. The van der Waals surface area contributed by atoms with Crippen LogP contribution in [-0.4, -0.2) is 65.7 Å². The molecule has 0 bridgehead atoms. The molecule has 2 heterocycles. The Morgan fingerprint density at radius 2 is 1.96 bits per heavy atom. The number of likely N-dealkylation sites (N-methyl/N-ethyl adjacent to an activating group) is 1. The third-order valence-electron chi connectivity index (χ3n) is 4.29. The number of aromatic nitrogens is 2. The molecular formula is C18H25N7O2. The lowest BCUT2D eigenvalue weighted by molar-refractivity contribution is 0.0526. The van der Waals surface area contributed by atoms with E-state index in [0.29, 0.717) is 35.2 Å². The number of rotatable bonds is 6. The van der Waals surface area contributed by atoms with Crippen LogP contribution in [0.4, 0.5) is 23.0 Å². The lowest BCUT2D eigenvalue weighted by Crippen LogP contribution is -2.47. The average molecular weight is 371 g/mol. The van der Waals surface area contributed by atoms with Crippen molar-refractivity contribution in [2.24, 2.45) is 0 Å². The molecule has 1 saturated heterocycles. The number of hydrogen-bond acceptors (Lipinski definition) is 9. The zero-order valence-corrected chi connectivity index (χ0v) is 15.6. The number of esters is 1. The van der Waals surface area contributed by atoms with Crippen LogP contribution >= 0.6 is 0 Å². The summed E-state index contributed by atoms with van der Waals surface area (Å²) in [4.78, 5) is 22.6. The fraction of sp³-hybridized carbons (Fsp3) is 0.389. The summed E-state index contributed by atoms with van der Waals surface area (Å²) in [6, 6.07) is 7.01. The summed E-state index contributed by atoms with van der Waals surface area (Å²) < 4.78 is 5.03. The molecular weight excluding hydrogens is 346 g/mol. The number of piperazine rings is 1. The van der Waals surface area contributed by atoms with Crippen LogP contribution < -0.4 is 16.5 Å². The summed E-state index contributed by atoms with van der Waals surface area (Å²) in [5.74, 6) is 0.662. The molecule has 3 rings (SSSR count). The highest BCUT2D eigenvalue weighted by Gasteiger charge is 2.16. The van der Waals surface area contributed by atoms with E-state index in [0.717, 1.165) is 26.2 Å². The second-order valence-electron chi connectivity index (χ2n) is 6.31. The fourth-order valence-corrected chi connectivity index (χ4v) is 2.73. The molecule has 0 amide bonds. The molecule has 1 aliphatic rings. The van der Waals surface area contributed by atoms with Gasteiger partial charge >= 0.3 is 5.97 Å². The van der Waals surface area contributed by atoms with E-state index in [1.165, 1.54) is 6.33 Å². The van der Waals surface area contributed by atoms with Crippen LogP contribution in [0.15, 0.2) is 30.6 Å². The number of carbonyl (C=O) groups excluding carboxylic acids is 1. The van der Waals surface area contributed by atoms with E-state index in [1.807, 2.05) is 6.07 Å². The monoisotopic (exact) mass is 371 g/mol. The Bertz CT molecular complexity index is 791. The molecule has 1 aromatic carbocycles. The predicted molar refractivity (Wildman–Crippen MR) is 105 cm³/mol. The van der Waals surface area contributed by atoms with Crippen molar-refractivity contribution in [3.8, 4) is 0 Å². The van der Waals surface area contributed by atoms with Crippen LogP contribution in [0.2, 0.25) is 0 Å². The summed E-state index contributed by atoms with van der Waals surface area (Å²) in [5, 5.41) is 5.23. The molecule has 1 aliphatic heterocycles. The van der Waals surface area contributed by atoms with Gasteiger partial charge in [0.2, 0.25) is 0 Å². The molecule has 2 aromatic rings. The number of anilines is 4. The third kappa shape index (κ3) is 4.83. The first kappa shape index (κ1) is 18.9. The van der Waals surface area contributed by atoms with Crippen molar-refractivity contribution in [2.45, 2.75) is 6.92 Å². The number of nitrogen functional groups attached to an aromatic ring is 1. The van der Waals surface area contributed by atoms with Crippen LogP contribution in [0.5, 0.6) is 0 Å². The van der Waals surface area contributed by atoms with E-state index in [1.54, 1.807) is 25.1 Å². The van der Waals surface area contributed by atoms with E-state index >= 15 is 0 Å². The highest BCUT2D eigenvalue weighted by molar-refractivity contribution is 5.91. The van der Waals surface area contributed by atoms with Crippen molar-refractivity contribution >= 4 is 29.0 Å². The molecule has 9 nitrogen and oxygen atoms in total. The summed E-state index contributed by atoms with van der Waals surface area (Å²) in [5.41, 5.74) is 11.1. The van der Waals surface area contributed by atoms with Crippen molar-refractivity contribution in [1.82, 2.24) is 19.9 Å². The number of nitrogens with two attached hydrogens (primary N) is 1. The van der Waals surface area contributed by atoms with Crippen LogP contribution in [0.1, 0.15) is 17.3 Å². The smallest absolute Gasteiger partial charge is 0.338 e. The molecule has 0 atom stereocenters. The number of hydrazine groups is 1. The first-order valence-electron chi connectivity index (χ1n) is 8.91. The first-order valence-corrected chi connectivity index (χ1v) is 8.91. The van der Waals surface area contributed by atoms with Gasteiger partial charge in [-0.15, -0.1) is 0 Å². The van der Waals surface area contributed by atoms with Crippen LogP contribution in [0.3, 0.4) is 0 Å². The summed E-state index contributed by atoms with van der Waals surface area (Å²) in [6.07, 6.45) is 1.45. The van der Waals surface area contributed by atoms with E-state index in [2.05, 4.69) is 37.7 Å². The summed E-state index contributed by atoms with van der Waals surface area (Å²) in [7, 11) is 2.10. The SMILES string of the molecule is CCOC(=O)c1cccc(Nc2ncnc(NN3CCN(C)CC3)c2N)c1. The van der Waals surface area contributed by atoms with Crippen LogP contribution in [0.25, 0.3) is 0 Å². The number of hydrogen-bond donors (Lipinski definition) is 3. The van der Waals surface area contributed by atoms with Gasteiger partial charge < -0.3 is 26.1 Å². The van der Waals surface area contributed by atoms with Gasteiger partial charge in [-0.2, -0.15) is 0 Å². The normalized spacial score (nSPS) is 15.3. The molecule has 144 valence electrons. The molecule has 9 heteroatoms. The largest absolute Gasteiger partial charge is 0.462 e. The van der Waals surface area contributed by atoms with Gasteiger partial charge in [-0.05, 0) is 32.2 Å². The van der Waals surface area contributed by atoms with Crippen LogP contribution in [0, 0.1) is 0 Å². The highest BCUT2D eigenvalue weighted by Crippen LogP contribution is 2.26. The van der Waals surface area contributed by atoms with E-state index in [9.17, 15) is 4.79 Å². The number of ether oxygens (including phenoxy) is 1. The van der Waals surface area contributed by atoms with Gasteiger partial charge in [0.05, 0.1) is 12.2 Å². The fourth-order valence-electron chi connectivity index (χ4n) is 2.73. The minimum absolute atomic E-state index is 0.330.